The van der Waals surface area contributed by atoms with E-state index in [0.717, 1.165) is 25.6 Å². The number of hydrogen-bond donors (Lipinski definition) is 1. The van der Waals surface area contributed by atoms with Crippen molar-refractivity contribution in [1.29, 1.82) is 0 Å². The van der Waals surface area contributed by atoms with Gasteiger partial charge in [-0.3, -0.25) is 4.79 Å². The van der Waals surface area contributed by atoms with Gasteiger partial charge in [-0.05, 0) is 51.5 Å². The van der Waals surface area contributed by atoms with E-state index in [1.807, 2.05) is 43.3 Å². The lowest BCUT2D eigenvalue weighted by Crippen LogP contribution is -2.25. The molecule has 1 amide bonds. The predicted octanol–water partition coefficient (Wildman–Crippen LogP) is 5.17. The van der Waals surface area contributed by atoms with E-state index in [0.29, 0.717) is 5.75 Å². The average Bonchev–Trinajstić information content (AvgIpc) is 2.59. The van der Waals surface area contributed by atoms with Gasteiger partial charge >= 0.3 is 0 Å². The predicted molar refractivity (Wildman–Crippen MR) is 108 cm³/mol. The van der Waals surface area contributed by atoms with Gasteiger partial charge in [0.2, 0.25) is 0 Å². The van der Waals surface area contributed by atoms with Crippen LogP contribution in [0.4, 0.5) is 0 Å². The number of hydrogen-bond acceptors (Lipinski definition) is 3. The van der Waals surface area contributed by atoms with Gasteiger partial charge in [-0.2, -0.15) is 5.10 Å². The number of hydrazone groups is 1. The Labute approximate surface area is 164 Å². The standard InChI is InChI=1S/C19H20Br2N2O2/c1-12(2)15-9-16(20)13(3)18(21)19(15)25-11-17(24)23-22-10-14-7-5-4-6-8-14/h4-10,12H,11H2,1-3H3,(H,23,24)/b22-10-. The maximum Gasteiger partial charge on any atom is 0.277 e. The maximum absolute atomic E-state index is 12.0. The third-order valence-electron chi connectivity index (χ3n) is 3.60. The molecule has 6 heteroatoms. The smallest absolute Gasteiger partial charge is 0.277 e. The van der Waals surface area contributed by atoms with E-state index in [-0.39, 0.29) is 18.4 Å². The molecule has 0 saturated heterocycles. The summed E-state index contributed by atoms with van der Waals surface area (Å²) in [5.41, 5.74) is 5.45. The summed E-state index contributed by atoms with van der Waals surface area (Å²) in [6.45, 7) is 6.04. The summed E-state index contributed by atoms with van der Waals surface area (Å²) < 4.78 is 7.64. The third-order valence-corrected chi connectivity index (χ3v) is 5.38. The van der Waals surface area contributed by atoms with Crippen molar-refractivity contribution < 1.29 is 9.53 Å². The van der Waals surface area contributed by atoms with Crippen LogP contribution >= 0.6 is 31.9 Å². The first kappa shape index (κ1) is 19.7. The van der Waals surface area contributed by atoms with Gasteiger partial charge in [-0.1, -0.05) is 60.1 Å². The lowest BCUT2D eigenvalue weighted by Gasteiger charge is -2.18. The molecule has 0 saturated carbocycles. The summed E-state index contributed by atoms with van der Waals surface area (Å²) >= 11 is 7.12. The van der Waals surface area contributed by atoms with E-state index >= 15 is 0 Å². The van der Waals surface area contributed by atoms with Crippen LogP contribution in [-0.2, 0) is 4.79 Å². The summed E-state index contributed by atoms with van der Waals surface area (Å²) in [6.07, 6.45) is 1.59. The van der Waals surface area contributed by atoms with Crippen LogP contribution in [0, 0.1) is 6.92 Å². The van der Waals surface area contributed by atoms with Crippen LogP contribution in [0.5, 0.6) is 5.75 Å². The average molecular weight is 468 g/mol. The van der Waals surface area contributed by atoms with Crippen molar-refractivity contribution in [1.82, 2.24) is 5.43 Å². The van der Waals surface area contributed by atoms with Crippen molar-refractivity contribution in [3.05, 3.63) is 62.0 Å². The molecule has 2 aromatic rings. The molecule has 2 aromatic carbocycles. The molecule has 25 heavy (non-hydrogen) atoms. The Kier molecular flexibility index (Phi) is 7.20. The molecule has 0 atom stereocenters. The molecule has 0 aliphatic rings. The molecule has 0 aliphatic carbocycles. The zero-order valence-electron chi connectivity index (χ0n) is 14.3. The number of rotatable bonds is 6. The fourth-order valence-corrected chi connectivity index (χ4v) is 3.44. The molecule has 0 aliphatic heterocycles. The van der Waals surface area contributed by atoms with Crippen LogP contribution in [-0.4, -0.2) is 18.7 Å². The van der Waals surface area contributed by atoms with E-state index in [9.17, 15) is 4.79 Å². The first-order chi connectivity index (χ1) is 11.9. The maximum atomic E-state index is 12.0. The van der Waals surface area contributed by atoms with Crippen molar-refractivity contribution in [2.75, 3.05) is 6.61 Å². The number of carbonyl (C=O) groups excluding carboxylic acids is 1. The molecule has 0 unspecified atom stereocenters. The number of carbonyl (C=O) groups is 1. The second kappa shape index (κ2) is 9.15. The second-order valence-electron chi connectivity index (χ2n) is 5.86. The Balaban J connectivity index is 2.02. The minimum atomic E-state index is -0.311. The first-order valence-corrected chi connectivity index (χ1v) is 9.47. The zero-order valence-corrected chi connectivity index (χ0v) is 17.5. The normalized spacial score (nSPS) is 11.1. The molecule has 0 bridgehead atoms. The van der Waals surface area contributed by atoms with Crippen LogP contribution < -0.4 is 10.2 Å². The van der Waals surface area contributed by atoms with Crippen LogP contribution in [0.3, 0.4) is 0 Å². The second-order valence-corrected chi connectivity index (χ2v) is 7.51. The highest BCUT2D eigenvalue weighted by atomic mass is 79.9. The van der Waals surface area contributed by atoms with E-state index in [4.69, 9.17) is 4.74 Å². The summed E-state index contributed by atoms with van der Waals surface area (Å²) in [4.78, 5) is 12.0. The number of nitrogens with one attached hydrogen (secondary N) is 1. The summed E-state index contributed by atoms with van der Waals surface area (Å²) in [7, 11) is 0. The van der Waals surface area contributed by atoms with E-state index in [1.165, 1.54) is 0 Å². The van der Waals surface area contributed by atoms with Crippen molar-refractivity contribution in [2.45, 2.75) is 26.7 Å². The first-order valence-electron chi connectivity index (χ1n) is 7.88. The number of benzene rings is 2. The lowest BCUT2D eigenvalue weighted by molar-refractivity contribution is -0.123. The van der Waals surface area contributed by atoms with Gasteiger partial charge in [0.15, 0.2) is 6.61 Å². The molecular formula is C19H20Br2N2O2. The Hall–Kier alpha value is -1.66. The van der Waals surface area contributed by atoms with E-state index < -0.39 is 0 Å². The topological polar surface area (TPSA) is 50.7 Å². The fourth-order valence-electron chi connectivity index (χ4n) is 2.18. The third kappa shape index (κ3) is 5.41. The number of halogens is 2. The molecule has 0 aromatic heterocycles. The monoisotopic (exact) mass is 466 g/mol. The Morgan fingerprint density at radius 1 is 1.28 bits per heavy atom. The highest BCUT2D eigenvalue weighted by molar-refractivity contribution is 9.11. The van der Waals surface area contributed by atoms with Gasteiger partial charge in [0, 0.05) is 4.47 Å². The SMILES string of the molecule is Cc1c(Br)cc(C(C)C)c(OCC(=O)N/N=C\c2ccccc2)c1Br. The summed E-state index contributed by atoms with van der Waals surface area (Å²) in [6, 6.07) is 11.6. The minimum Gasteiger partial charge on any atom is -0.482 e. The molecule has 0 fully saturated rings. The van der Waals surface area contributed by atoms with Gasteiger partial charge in [0.05, 0.1) is 10.7 Å². The molecule has 0 spiro atoms. The van der Waals surface area contributed by atoms with Crippen molar-refractivity contribution in [3.63, 3.8) is 0 Å². The largest absolute Gasteiger partial charge is 0.482 e. The number of ether oxygens (including phenoxy) is 1. The lowest BCUT2D eigenvalue weighted by atomic mass is 10.0. The highest BCUT2D eigenvalue weighted by Gasteiger charge is 2.17. The van der Waals surface area contributed by atoms with Crippen LogP contribution in [0.25, 0.3) is 0 Å². The zero-order chi connectivity index (χ0) is 18.4. The molecular weight excluding hydrogens is 448 g/mol. The van der Waals surface area contributed by atoms with Gasteiger partial charge in [0.25, 0.3) is 5.91 Å². The van der Waals surface area contributed by atoms with Gasteiger partial charge in [0.1, 0.15) is 5.75 Å². The van der Waals surface area contributed by atoms with Crippen LogP contribution in [0.2, 0.25) is 0 Å². The summed E-state index contributed by atoms with van der Waals surface area (Å²) in [5, 5.41) is 3.94. The van der Waals surface area contributed by atoms with Crippen LogP contribution in [0.15, 0.2) is 50.4 Å². The minimum absolute atomic E-state index is 0.106. The van der Waals surface area contributed by atoms with Gasteiger partial charge < -0.3 is 4.74 Å². The molecule has 2 rings (SSSR count). The number of nitrogens with zero attached hydrogens (tertiary/aromatic N) is 1. The quantitative estimate of drug-likeness (QED) is 0.470. The van der Waals surface area contributed by atoms with E-state index in [1.54, 1.807) is 6.21 Å². The summed E-state index contributed by atoms with van der Waals surface area (Å²) in [5.74, 6) is 0.648. The van der Waals surface area contributed by atoms with E-state index in [2.05, 4.69) is 56.2 Å². The molecule has 0 heterocycles. The van der Waals surface area contributed by atoms with Gasteiger partial charge in [-0.15, -0.1) is 0 Å². The molecule has 1 N–H and O–H groups in total. The Morgan fingerprint density at radius 3 is 2.60 bits per heavy atom. The van der Waals surface area contributed by atoms with Crippen LogP contribution in [0.1, 0.15) is 36.5 Å². The van der Waals surface area contributed by atoms with Crippen molar-refractivity contribution in [3.8, 4) is 5.75 Å². The highest BCUT2D eigenvalue weighted by Crippen LogP contribution is 2.40. The Morgan fingerprint density at radius 2 is 1.96 bits per heavy atom. The molecule has 0 radical (unpaired) electrons. The number of amides is 1. The Bertz CT molecular complexity index is 775. The molecule has 132 valence electrons. The van der Waals surface area contributed by atoms with Crippen molar-refractivity contribution in [2.24, 2.45) is 5.10 Å². The van der Waals surface area contributed by atoms with Gasteiger partial charge in [-0.25, -0.2) is 5.43 Å². The van der Waals surface area contributed by atoms with Crippen molar-refractivity contribution >= 4 is 44.0 Å². The fraction of sp³-hybridized carbons (Fsp3) is 0.263. The molecule has 4 nitrogen and oxygen atoms in total.